The van der Waals surface area contributed by atoms with Gasteiger partial charge in [0, 0.05) is 25.3 Å². The fourth-order valence-electron chi connectivity index (χ4n) is 2.17. The van der Waals surface area contributed by atoms with Crippen molar-refractivity contribution in [1.82, 2.24) is 4.90 Å². The van der Waals surface area contributed by atoms with Gasteiger partial charge in [-0.05, 0) is 31.2 Å². The highest BCUT2D eigenvalue weighted by atomic mass is 19.4. The van der Waals surface area contributed by atoms with Gasteiger partial charge in [0.2, 0.25) is 0 Å². The highest BCUT2D eigenvalue weighted by Crippen LogP contribution is 2.30. The second kappa shape index (κ2) is 6.95. The van der Waals surface area contributed by atoms with Crippen molar-refractivity contribution in [3.8, 4) is 0 Å². The van der Waals surface area contributed by atoms with Crippen molar-refractivity contribution in [1.29, 1.82) is 0 Å². The molecule has 20 heavy (non-hydrogen) atoms. The molecule has 1 N–H and O–H groups in total. The van der Waals surface area contributed by atoms with Gasteiger partial charge in [0.05, 0.1) is 18.8 Å². The number of hydrogen-bond acceptors (Lipinski definition) is 3. The summed E-state index contributed by atoms with van der Waals surface area (Å²) in [5.74, 6) is 0. The fourth-order valence-corrected chi connectivity index (χ4v) is 2.17. The molecule has 1 heterocycles. The van der Waals surface area contributed by atoms with Crippen LogP contribution in [0.4, 0.5) is 18.9 Å². The molecule has 1 aliphatic heterocycles. The molecule has 6 heteroatoms. The molecule has 0 aliphatic carbocycles. The van der Waals surface area contributed by atoms with Crippen LogP contribution in [0, 0.1) is 0 Å². The highest BCUT2D eigenvalue weighted by molar-refractivity contribution is 5.46. The van der Waals surface area contributed by atoms with E-state index in [1.54, 1.807) is 6.07 Å². The van der Waals surface area contributed by atoms with Crippen molar-refractivity contribution in [2.75, 3.05) is 44.7 Å². The third kappa shape index (κ3) is 4.68. The van der Waals surface area contributed by atoms with Crippen molar-refractivity contribution < 1.29 is 17.9 Å². The van der Waals surface area contributed by atoms with E-state index in [-0.39, 0.29) is 0 Å². The molecule has 0 saturated carbocycles. The van der Waals surface area contributed by atoms with Crippen LogP contribution in [0.15, 0.2) is 24.3 Å². The van der Waals surface area contributed by atoms with E-state index in [0.29, 0.717) is 12.2 Å². The quantitative estimate of drug-likeness (QED) is 0.843. The molecule has 0 unspecified atom stereocenters. The van der Waals surface area contributed by atoms with Crippen LogP contribution in [0.2, 0.25) is 0 Å². The summed E-state index contributed by atoms with van der Waals surface area (Å²) in [6.07, 6.45) is -3.39. The summed E-state index contributed by atoms with van der Waals surface area (Å²) in [5, 5.41) is 3.04. The Kier molecular flexibility index (Phi) is 5.25. The predicted molar refractivity (Wildman–Crippen MR) is 71.8 cm³/mol. The van der Waals surface area contributed by atoms with Crippen molar-refractivity contribution in [3.63, 3.8) is 0 Å². The highest BCUT2D eigenvalue weighted by Gasteiger charge is 2.30. The Hall–Kier alpha value is -1.27. The molecule has 0 spiro atoms. The van der Waals surface area contributed by atoms with Crippen LogP contribution in [0.3, 0.4) is 0 Å². The molecule has 2 rings (SSSR count). The minimum absolute atomic E-state index is 0.516. The van der Waals surface area contributed by atoms with Crippen LogP contribution in [0.25, 0.3) is 0 Å². The number of benzene rings is 1. The van der Waals surface area contributed by atoms with Gasteiger partial charge in [-0.15, -0.1) is 0 Å². The molecule has 0 atom stereocenters. The standard InChI is InChI=1S/C14H19F3N2O/c15-14(16,17)12-3-1-4-13(11-12)18-5-2-6-19-7-9-20-10-8-19/h1,3-4,11,18H,2,5-10H2. The SMILES string of the molecule is FC(F)(F)c1cccc(NCCCN2CCOCC2)c1. The number of ether oxygens (including phenoxy) is 1. The number of morpholine rings is 1. The van der Waals surface area contributed by atoms with E-state index >= 15 is 0 Å². The molecule has 0 aromatic heterocycles. The number of halogens is 3. The molecule has 1 fully saturated rings. The van der Waals surface area contributed by atoms with E-state index in [2.05, 4.69) is 10.2 Å². The van der Waals surface area contributed by atoms with Gasteiger partial charge >= 0.3 is 6.18 Å². The smallest absolute Gasteiger partial charge is 0.385 e. The number of nitrogens with one attached hydrogen (secondary N) is 1. The first kappa shape index (κ1) is 15.1. The molecular formula is C14H19F3N2O. The van der Waals surface area contributed by atoms with E-state index < -0.39 is 11.7 Å². The van der Waals surface area contributed by atoms with Gasteiger partial charge in [0.25, 0.3) is 0 Å². The fraction of sp³-hybridized carbons (Fsp3) is 0.571. The Balaban J connectivity index is 1.73. The van der Waals surface area contributed by atoms with Gasteiger partial charge in [-0.2, -0.15) is 13.2 Å². The van der Waals surface area contributed by atoms with E-state index in [4.69, 9.17) is 4.74 Å². The molecule has 3 nitrogen and oxygen atoms in total. The lowest BCUT2D eigenvalue weighted by molar-refractivity contribution is -0.137. The zero-order chi connectivity index (χ0) is 14.4. The maximum Gasteiger partial charge on any atom is 0.416 e. The molecule has 1 aromatic rings. The van der Waals surface area contributed by atoms with E-state index in [1.165, 1.54) is 6.07 Å². The third-order valence-electron chi connectivity index (χ3n) is 3.27. The van der Waals surface area contributed by atoms with Crippen molar-refractivity contribution in [3.05, 3.63) is 29.8 Å². The van der Waals surface area contributed by atoms with Gasteiger partial charge < -0.3 is 10.1 Å². The molecule has 0 bridgehead atoms. The van der Waals surface area contributed by atoms with Gasteiger partial charge in [-0.1, -0.05) is 6.07 Å². The van der Waals surface area contributed by atoms with Gasteiger partial charge in [0.15, 0.2) is 0 Å². The first-order valence-electron chi connectivity index (χ1n) is 6.77. The molecule has 1 saturated heterocycles. The summed E-state index contributed by atoms with van der Waals surface area (Å²) in [6, 6.07) is 5.31. The molecular weight excluding hydrogens is 269 g/mol. The zero-order valence-corrected chi connectivity index (χ0v) is 11.2. The maximum absolute atomic E-state index is 12.6. The Morgan fingerprint density at radius 2 is 1.95 bits per heavy atom. The second-order valence-electron chi connectivity index (χ2n) is 4.81. The van der Waals surface area contributed by atoms with Crippen LogP contribution in [-0.2, 0) is 10.9 Å². The van der Waals surface area contributed by atoms with Crippen molar-refractivity contribution in [2.24, 2.45) is 0 Å². The first-order chi connectivity index (χ1) is 9.55. The summed E-state index contributed by atoms with van der Waals surface area (Å²) < 4.78 is 42.9. The lowest BCUT2D eigenvalue weighted by atomic mass is 10.2. The summed E-state index contributed by atoms with van der Waals surface area (Å²) in [5.41, 5.74) is -0.0996. The van der Waals surface area contributed by atoms with Crippen LogP contribution in [0.1, 0.15) is 12.0 Å². The molecule has 112 valence electrons. The van der Waals surface area contributed by atoms with Gasteiger partial charge in [-0.3, -0.25) is 4.90 Å². The van der Waals surface area contributed by atoms with Gasteiger partial charge in [-0.25, -0.2) is 0 Å². The monoisotopic (exact) mass is 288 g/mol. The maximum atomic E-state index is 12.6. The number of anilines is 1. The summed E-state index contributed by atoms with van der Waals surface area (Å²) in [6.45, 7) is 5.00. The third-order valence-corrected chi connectivity index (χ3v) is 3.27. The van der Waals surface area contributed by atoms with Crippen LogP contribution < -0.4 is 5.32 Å². The second-order valence-corrected chi connectivity index (χ2v) is 4.81. The normalized spacial score (nSPS) is 17.1. The van der Waals surface area contributed by atoms with Crippen LogP contribution in [-0.4, -0.2) is 44.3 Å². The lowest BCUT2D eigenvalue weighted by Crippen LogP contribution is -2.37. The van der Waals surface area contributed by atoms with Crippen molar-refractivity contribution >= 4 is 5.69 Å². The molecule has 0 radical (unpaired) electrons. The zero-order valence-electron chi connectivity index (χ0n) is 11.2. The number of hydrogen-bond donors (Lipinski definition) is 1. The average molecular weight is 288 g/mol. The van der Waals surface area contributed by atoms with Crippen molar-refractivity contribution in [2.45, 2.75) is 12.6 Å². The summed E-state index contributed by atoms with van der Waals surface area (Å²) >= 11 is 0. The number of nitrogens with zero attached hydrogens (tertiary/aromatic N) is 1. The minimum atomic E-state index is -4.29. The summed E-state index contributed by atoms with van der Waals surface area (Å²) in [4.78, 5) is 2.30. The van der Waals surface area contributed by atoms with Crippen LogP contribution in [0.5, 0.6) is 0 Å². The topological polar surface area (TPSA) is 24.5 Å². The molecule has 1 aromatic carbocycles. The van der Waals surface area contributed by atoms with E-state index in [1.807, 2.05) is 0 Å². The predicted octanol–water partition coefficient (Wildman–Crippen LogP) is 2.84. The summed E-state index contributed by atoms with van der Waals surface area (Å²) in [7, 11) is 0. The number of alkyl halides is 3. The lowest BCUT2D eigenvalue weighted by Gasteiger charge is -2.26. The molecule has 0 amide bonds. The first-order valence-corrected chi connectivity index (χ1v) is 6.77. The van der Waals surface area contributed by atoms with E-state index in [9.17, 15) is 13.2 Å². The largest absolute Gasteiger partial charge is 0.416 e. The molecule has 1 aliphatic rings. The van der Waals surface area contributed by atoms with Crippen LogP contribution >= 0.6 is 0 Å². The number of rotatable bonds is 5. The Bertz CT molecular complexity index is 417. The Morgan fingerprint density at radius 3 is 2.65 bits per heavy atom. The van der Waals surface area contributed by atoms with E-state index in [0.717, 1.165) is 51.4 Å². The Labute approximate surface area is 116 Å². The minimum Gasteiger partial charge on any atom is -0.385 e. The Morgan fingerprint density at radius 1 is 1.20 bits per heavy atom. The average Bonchev–Trinajstić information content (AvgIpc) is 2.44. The van der Waals surface area contributed by atoms with Gasteiger partial charge in [0.1, 0.15) is 0 Å².